The van der Waals surface area contributed by atoms with Gasteiger partial charge in [0.25, 0.3) is 0 Å². The fourth-order valence-corrected chi connectivity index (χ4v) is 3.05. The summed E-state index contributed by atoms with van der Waals surface area (Å²) in [7, 11) is 0. The Morgan fingerprint density at radius 3 is 2.92 bits per heavy atom. The minimum absolute atomic E-state index is 0.0236. The zero-order valence-electron chi connectivity index (χ0n) is 14.9. The molecule has 6 heteroatoms. The number of benzene rings is 1. The van der Waals surface area contributed by atoms with Gasteiger partial charge in [0, 0.05) is 31.7 Å². The quantitative estimate of drug-likeness (QED) is 0.836. The molecule has 1 fully saturated rings. The van der Waals surface area contributed by atoms with E-state index in [4.69, 9.17) is 9.47 Å². The highest BCUT2D eigenvalue weighted by Crippen LogP contribution is 2.22. The third-order valence-electron chi connectivity index (χ3n) is 4.21. The first-order chi connectivity index (χ1) is 12.1. The van der Waals surface area contributed by atoms with Crippen molar-refractivity contribution in [2.45, 2.75) is 26.4 Å². The molecule has 2 aromatic rings. The average Bonchev–Trinajstić information content (AvgIpc) is 3.05. The third-order valence-corrected chi connectivity index (χ3v) is 4.21. The number of halogens is 1. The van der Waals surface area contributed by atoms with Gasteiger partial charge in [0.2, 0.25) is 0 Å². The number of morpholine rings is 1. The molecule has 1 saturated heterocycles. The molecule has 0 saturated carbocycles. The molecule has 0 amide bonds. The van der Waals surface area contributed by atoms with Crippen LogP contribution in [0.5, 0.6) is 5.75 Å². The molecule has 1 aromatic carbocycles. The van der Waals surface area contributed by atoms with Crippen LogP contribution in [-0.2, 0) is 11.2 Å². The van der Waals surface area contributed by atoms with Gasteiger partial charge in [-0.1, -0.05) is 13.8 Å². The number of hydrogen-bond acceptors (Lipinski definition) is 4. The predicted octanol–water partition coefficient (Wildman–Crippen LogP) is 3.20. The summed E-state index contributed by atoms with van der Waals surface area (Å²) in [6.45, 7) is 8.68. The molecular weight excluding hydrogens is 321 g/mol. The van der Waals surface area contributed by atoms with Gasteiger partial charge in [0.05, 0.1) is 18.9 Å². The Kier molecular flexibility index (Phi) is 6.04. The summed E-state index contributed by atoms with van der Waals surface area (Å²) in [5.41, 5.74) is 1.96. The standard InChI is InChI=1S/C19H26FN3O2/c1-14(2)12-23-8-10-25-19(13-23)18-11-16(21-22-18)7-9-24-17-5-3-15(20)4-6-17/h3-6,11,14,19H,7-10,12-13H2,1-2H3,(H,21,22)/t19-/m1/s1. The second kappa shape index (κ2) is 8.45. The van der Waals surface area contributed by atoms with E-state index in [1.807, 2.05) is 0 Å². The Bertz CT molecular complexity index is 657. The Balaban J connectivity index is 1.49. The van der Waals surface area contributed by atoms with Crippen LogP contribution in [0.25, 0.3) is 0 Å². The van der Waals surface area contributed by atoms with Gasteiger partial charge >= 0.3 is 0 Å². The van der Waals surface area contributed by atoms with E-state index in [2.05, 4.69) is 35.0 Å². The van der Waals surface area contributed by atoms with E-state index in [0.717, 1.165) is 37.6 Å². The van der Waals surface area contributed by atoms with Crippen molar-refractivity contribution in [1.82, 2.24) is 15.1 Å². The molecule has 1 aliphatic heterocycles. The summed E-state index contributed by atoms with van der Waals surface area (Å²) in [6, 6.07) is 8.11. The lowest BCUT2D eigenvalue weighted by molar-refractivity contribution is -0.0352. The highest BCUT2D eigenvalue weighted by atomic mass is 19.1. The molecule has 1 aliphatic rings. The molecule has 0 bridgehead atoms. The van der Waals surface area contributed by atoms with E-state index < -0.39 is 0 Å². The summed E-state index contributed by atoms with van der Waals surface area (Å²) in [5.74, 6) is 1.06. The predicted molar refractivity (Wildman–Crippen MR) is 94.2 cm³/mol. The van der Waals surface area contributed by atoms with Crippen LogP contribution in [0, 0.1) is 11.7 Å². The van der Waals surface area contributed by atoms with E-state index in [9.17, 15) is 4.39 Å². The van der Waals surface area contributed by atoms with Gasteiger partial charge in [-0.3, -0.25) is 10.00 Å². The maximum absolute atomic E-state index is 12.9. The largest absolute Gasteiger partial charge is 0.493 e. The highest BCUT2D eigenvalue weighted by Gasteiger charge is 2.24. The number of ether oxygens (including phenoxy) is 2. The number of aromatic nitrogens is 2. The molecule has 0 radical (unpaired) electrons. The molecule has 25 heavy (non-hydrogen) atoms. The third kappa shape index (κ3) is 5.28. The molecule has 3 rings (SSSR count). The van der Waals surface area contributed by atoms with Crippen LogP contribution >= 0.6 is 0 Å². The lowest BCUT2D eigenvalue weighted by atomic mass is 10.1. The molecular formula is C19H26FN3O2. The number of nitrogens with zero attached hydrogens (tertiary/aromatic N) is 2. The summed E-state index contributed by atoms with van der Waals surface area (Å²) in [5, 5.41) is 7.47. The first kappa shape index (κ1) is 17.9. The second-order valence-corrected chi connectivity index (χ2v) is 6.88. The highest BCUT2D eigenvalue weighted by molar-refractivity contribution is 5.22. The van der Waals surface area contributed by atoms with Crippen molar-refractivity contribution in [2.75, 3.05) is 32.8 Å². The lowest BCUT2D eigenvalue weighted by Gasteiger charge is -2.33. The minimum atomic E-state index is -0.260. The lowest BCUT2D eigenvalue weighted by Crippen LogP contribution is -2.40. The Labute approximate surface area is 148 Å². The van der Waals surface area contributed by atoms with Crippen LogP contribution in [0.3, 0.4) is 0 Å². The fraction of sp³-hybridized carbons (Fsp3) is 0.526. The van der Waals surface area contributed by atoms with Crippen LogP contribution < -0.4 is 4.74 Å². The zero-order valence-corrected chi connectivity index (χ0v) is 14.9. The number of H-pyrrole nitrogens is 1. The SMILES string of the molecule is CC(C)CN1CCO[C@@H](c2cc(CCOc3ccc(F)cc3)[nH]n2)C1. The zero-order chi connectivity index (χ0) is 17.6. The monoisotopic (exact) mass is 347 g/mol. The second-order valence-electron chi connectivity index (χ2n) is 6.88. The number of nitrogens with one attached hydrogen (secondary N) is 1. The normalized spacial score (nSPS) is 18.6. The van der Waals surface area contributed by atoms with Gasteiger partial charge in [-0.25, -0.2) is 4.39 Å². The van der Waals surface area contributed by atoms with E-state index in [1.54, 1.807) is 12.1 Å². The van der Waals surface area contributed by atoms with Gasteiger partial charge in [-0.05, 0) is 36.2 Å². The molecule has 0 spiro atoms. The molecule has 1 N–H and O–H groups in total. The number of hydrogen-bond donors (Lipinski definition) is 1. The van der Waals surface area contributed by atoms with Crippen molar-refractivity contribution in [1.29, 1.82) is 0 Å². The molecule has 0 unspecified atom stereocenters. The van der Waals surface area contributed by atoms with Gasteiger partial charge in [-0.15, -0.1) is 0 Å². The Hall–Kier alpha value is -1.92. The van der Waals surface area contributed by atoms with Crippen molar-refractivity contribution in [2.24, 2.45) is 5.92 Å². The summed E-state index contributed by atoms with van der Waals surface area (Å²) < 4.78 is 24.4. The maximum atomic E-state index is 12.9. The van der Waals surface area contributed by atoms with Crippen LogP contribution in [-0.4, -0.2) is 47.9 Å². The fourth-order valence-electron chi connectivity index (χ4n) is 3.05. The first-order valence-corrected chi connectivity index (χ1v) is 8.86. The van der Waals surface area contributed by atoms with Crippen LogP contribution in [0.1, 0.15) is 31.3 Å². The van der Waals surface area contributed by atoms with Crippen LogP contribution in [0.4, 0.5) is 4.39 Å². The Morgan fingerprint density at radius 1 is 1.36 bits per heavy atom. The van der Waals surface area contributed by atoms with Gasteiger partial charge in [0.15, 0.2) is 0 Å². The van der Waals surface area contributed by atoms with E-state index in [1.165, 1.54) is 12.1 Å². The Morgan fingerprint density at radius 2 is 2.16 bits per heavy atom. The molecule has 5 nitrogen and oxygen atoms in total. The summed E-state index contributed by atoms with van der Waals surface area (Å²) in [6.07, 6.45) is 0.739. The van der Waals surface area contributed by atoms with Gasteiger partial charge < -0.3 is 9.47 Å². The van der Waals surface area contributed by atoms with Crippen molar-refractivity contribution in [3.8, 4) is 5.75 Å². The van der Waals surface area contributed by atoms with Crippen molar-refractivity contribution >= 4 is 0 Å². The maximum Gasteiger partial charge on any atom is 0.123 e. The van der Waals surface area contributed by atoms with E-state index in [0.29, 0.717) is 24.7 Å². The topological polar surface area (TPSA) is 50.4 Å². The average molecular weight is 347 g/mol. The van der Waals surface area contributed by atoms with Crippen molar-refractivity contribution in [3.05, 3.63) is 47.5 Å². The molecule has 1 atom stereocenters. The van der Waals surface area contributed by atoms with Crippen LogP contribution in [0.2, 0.25) is 0 Å². The number of rotatable bonds is 7. The van der Waals surface area contributed by atoms with E-state index >= 15 is 0 Å². The molecule has 2 heterocycles. The van der Waals surface area contributed by atoms with Crippen molar-refractivity contribution in [3.63, 3.8) is 0 Å². The summed E-state index contributed by atoms with van der Waals surface area (Å²) in [4.78, 5) is 2.44. The molecule has 1 aromatic heterocycles. The molecule has 136 valence electrons. The number of aromatic amines is 1. The first-order valence-electron chi connectivity index (χ1n) is 8.86. The molecule has 0 aliphatic carbocycles. The van der Waals surface area contributed by atoms with E-state index in [-0.39, 0.29) is 11.9 Å². The van der Waals surface area contributed by atoms with Gasteiger partial charge in [0.1, 0.15) is 17.7 Å². The van der Waals surface area contributed by atoms with Crippen molar-refractivity contribution < 1.29 is 13.9 Å². The van der Waals surface area contributed by atoms with Crippen LogP contribution in [0.15, 0.2) is 30.3 Å². The summed E-state index contributed by atoms with van der Waals surface area (Å²) >= 11 is 0. The smallest absolute Gasteiger partial charge is 0.123 e. The minimum Gasteiger partial charge on any atom is -0.493 e. The van der Waals surface area contributed by atoms with Gasteiger partial charge in [-0.2, -0.15) is 5.10 Å².